The Hall–Kier alpha value is -1.95. The number of nitrogens with two attached hydrogens (primary N) is 1. The Bertz CT molecular complexity index is 517. The molecule has 1 aromatic carbocycles. The first kappa shape index (κ1) is 19.1. The van der Waals surface area contributed by atoms with Gasteiger partial charge in [-0.2, -0.15) is 0 Å². The van der Waals surface area contributed by atoms with Gasteiger partial charge in [-0.25, -0.2) is 0 Å². The summed E-state index contributed by atoms with van der Waals surface area (Å²) in [6.07, 6.45) is 1.88. The van der Waals surface area contributed by atoms with E-state index in [9.17, 15) is 4.79 Å². The minimum absolute atomic E-state index is 0.151. The van der Waals surface area contributed by atoms with Crippen LogP contribution in [-0.4, -0.2) is 37.9 Å². The van der Waals surface area contributed by atoms with Gasteiger partial charge >= 0.3 is 5.97 Å². The summed E-state index contributed by atoms with van der Waals surface area (Å²) >= 11 is 0. The summed E-state index contributed by atoms with van der Waals surface area (Å²) in [7, 11) is 4.79. The van der Waals surface area contributed by atoms with E-state index in [1.165, 1.54) is 0 Å². The molecule has 0 fully saturated rings. The van der Waals surface area contributed by atoms with Crippen molar-refractivity contribution in [2.45, 2.75) is 38.6 Å². The van der Waals surface area contributed by atoms with Crippen molar-refractivity contribution >= 4 is 5.97 Å². The summed E-state index contributed by atoms with van der Waals surface area (Å²) in [4.78, 5) is 11.1. The van der Waals surface area contributed by atoms with Gasteiger partial charge in [-0.05, 0) is 32.1 Å². The van der Waals surface area contributed by atoms with E-state index in [-0.39, 0.29) is 5.92 Å². The number of hydrogen-bond acceptors (Lipinski definition) is 5. The van der Waals surface area contributed by atoms with Gasteiger partial charge < -0.3 is 25.1 Å². The van der Waals surface area contributed by atoms with Crippen LogP contribution in [0.25, 0.3) is 0 Å². The highest BCUT2D eigenvalue weighted by molar-refractivity contribution is 5.77. The molecule has 6 nitrogen and oxygen atoms in total. The zero-order valence-electron chi connectivity index (χ0n) is 14.5. The summed E-state index contributed by atoms with van der Waals surface area (Å²) in [5.41, 5.74) is 5.54. The number of ether oxygens (including phenoxy) is 3. The predicted molar refractivity (Wildman–Crippen MR) is 88.4 cm³/mol. The van der Waals surface area contributed by atoms with E-state index in [2.05, 4.69) is 0 Å². The van der Waals surface area contributed by atoms with Gasteiger partial charge in [0.15, 0.2) is 0 Å². The number of carbonyl (C=O) groups is 1. The zero-order valence-corrected chi connectivity index (χ0v) is 14.5. The second kappa shape index (κ2) is 8.06. The molecule has 0 amide bonds. The predicted octanol–water partition coefficient (Wildman–Crippen LogP) is 2.47. The Morgan fingerprint density at radius 1 is 1.22 bits per heavy atom. The van der Waals surface area contributed by atoms with E-state index in [0.717, 1.165) is 12.0 Å². The van der Waals surface area contributed by atoms with Gasteiger partial charge in [0.1, 0.15) is 22.8 Å². The van der Waals surface area contributed by atoms with Crippen LogP contribution in [0.4, 0.5) is 0 Å². The molecular weight excluding hydrogens is 298 g/mol. The lowest BCUT2D eigenvalue weighted by Crippen LogP contribution is -2.46. The molecule has 6 heteroatoms. The molecule has 0 bridgehead atoms. The zero-order chi connectivity index (χ0) is 17.6. The Balaban J connectivity index is 2.86. The maximum absolute atomic E-state index is 11.1. The normalized spacial score (nSPS) is 14.7. The molecule has 2 unspecified atom stereocenters. The van der Waals surface area contributed by atoms with Crippen molar-refractivity contribution in [1.29, 1.82) is 0 Å². The lowest BCUT2D eigenvalue weighted by molar-refractivity contribution is -0.143. The van der Waals surface area contributed by atoms with Crippen LogP contribution in [0.2, 0.25) is 0 Å². The first-order chi connectivity index (χ1) is 10.7. The van der Waals surface area contributed by atoms with Gasteiger partial charge in [0.2, 0.25) is 0 Å². The molecule has 2 atom stereocenters. The summed E-state index contributed by atoms with van der Waals surface area (Å²) in [5.74, 6) is 1.22. The molecule has 1 aromatic rings. The summed E-state index contributed by atoms with van der Waals surface area (Å²) in [6, 6.07) is 3.62. The minimum Gasteiger partial charge on any atom is -0.496 e. The topological polar surface area (TPSA) is 91.0 Å². The van der Waals surface area contributed by atoms with Gasteiger partial charge in [-0.1, -0.05) is 6.92 Å². The van der Waals surface area contributed by atoms with Crippen molar-refractivity contribution < 1.29 is 24.1 Å². The fourth-order valence-corrected chi connectivity index (χ4v) is 2.63. The van der Waals surface area contributed by atoms with Crippen LogP contribution < -0.4 is 19.9 Å². The van der Waals surface area contributed by atoms with E-state index < -0.39 is 11.5 Å². The number of aliphatic carboxylic acids is 1. The van der Waals surface area contributed by atoms with Crippen LogP contribution in [0.3, 0.4) is 0 Å². The number of hydrogen-bond donors (Lipinski definition) is 2. The van der Waals surface area contributed by atoms with Gasteiger partial charge in [0, 0.05) is 17.7 Å². The molecule has 0 heterocycles. The van der Waals surface area contributed by atoms with Crippen molar-refractivity contribution in [3.8, 4) is 17.2 Å². The van der Waals surface area contributed by atoms with E-state index in [1.54, 1.807) is 28.3 Å². The van der Waals surface area contributed by atoms with Crippen molar-refractivity contribution in [3.63, 3.8) is 0 Å². The Labute approximate surface area is 137 Å². The average molecular weight is 325 g/mol. The number of methoxy groups -OCH3 is 3. The van der Waals surface area contributed by atoms with Crippen LogP contribution >= 0.6 is 0 Å². The average Bonchev–Trinajstić information content (AvgIpc) is 2.51. The van der Waals surface area contributed by atoms with E-state index in [0.29, 0.717) is 30.1 Å². The second-order valence-electron chi connectivity index (χ2n) is 6.08. The number of carboxylic acid groups (broad SMARTS) is 1. The Morgan fingerprint density at radius 3 is 2.13 bits per heavy atom. The molecule has 0 aromatic heterocycles. The maximum atomic E-state index is 11.1. The van der Waals surface area contributed by atoms with Crippen LogP contribution in [-0.2, 0) is 11.2 Å². The molecular formula is C17H27NO5. The molecule has 0 spiro atoms. The molecule has 1 rings (SSSR count). The molecule has 3 N–H and O–H groups in total. The van der Waals surface area contributed by atoms with E-state index in [1.807, 2.05) is 19.1 Å². The van der Waals surface area contributed by atoms with Crippen molar-refractivity contribution in [2.24, 2.45) is 11.7 Å². The smallest absolute Gasteiger partial charge is 0.323 e. The lowest BCUT2D eigenvalue weighted by atomic mass is 9.87. The standard InChI is InChI=1S/C17H27NO5/c1-11(10-17(2,18)16(19)20)6-7-13-14(22-4)8-12(21-3)9-15(13)23-5/h8-9,11H,6-7,10,18H2,1-5H3,(H,19,20). The third-order valence-corrected chi connectivity index (χ3v) is 3.97. The molecule has 0 aliphatic rings. The first-order valence-corrected chi connectivity index (χ1v) is 7.56. The van der Waals surface area contributed by atoms with Gasteiger partial charge in [-0.15, -0.1) is 0 Å². The Morgan fingerprint density at radius 2 is 1.74 bits per heavy atom. The molecule has 0 saturated carbocycles. The molecule has 0 saturated heterocycles. The maximum Gasteiger partial charge on any atom is 0.323 e. The highest BCUT2D eigenvalue weighted by atomic mass is 16.5. The number of rotatable bonds is 9. The fraction of sp³-hybridized carbons (Fsp3) is 0.588. The van der Waals surface area contributed by atoms with Gasteiger partial charge in [0.25, 0.3) is 0 Å². The fourth-order valence-electron chi connectivity index (χ4n) is 2.63. The van der Waals surface area contributed by atoms with Crippen LogP contribution in [0.5, 0.6) is 17.2 Å². The first-order valence-electron chi connectivity index (χ1n) is 7.56. The van der Waals surface area contributed by atoms with Crippen molar-refractivity contribution in [1.82, 2.24) is 0 Å². The highest BCUT2D eigenvalue weighted by Gasteiger charge is 2.30. The largest absolute Gasteiger partial charge is 0.496 e. The van der Waals surface area contributed by atoms with Crippen LogP contribution in [0, 0.1) is 5.92 Å². The van der Waals surface area contributed by atoms with E-state index in [4.69, 9.17) is 25.1 Å². The second-order valence-corrected chi connectivity index (χ2v) is 6.08. The quantitative estimate of drug-likeness (QED) is 0.725. The van der Waals surface area contributed by atoms with Gasteiger partial charge in [0.05, 0.1) is 21.3 Å². The third-order valence-electron chi connectivity index (χ3n) is 3.97. The lowest BCUT2D eigenvalue weighted by Gasteiger charge is -2.24. The summed E-state index contributed by atoms with van der Waals surface area (Å²) in [5, 5.41) is 9.12. The van der Waals surface area contributed by atoms with Crippen LogP contribution in [0.1, 0.15) is 32.3 Å². The molecule has 0 aliphatic heterocycles. The monoisotopic (exact) mass is 325 g/mol. The summed E-state index contributed by atoms with van der Waals surface area (Å²) in [6.45, 7) is 3.54. The van der Waals surface area contributed by atoms with E-state index >= 15 is 0 Å². The molecule has 0 aliphatic carbocycles. The summed E-state index contributed by atoms with van der Waals surface area (Å²) < 4.78 is 16.1. The third kappa shape index (κ3) is 5.03. The number of carboxylic acids is 1. The number of benzene rings is 1. The minimum atomic E-state index is -1.21. The molecule has 0 radical (unpaired) electrons. The van der Waals surface area contributed by atoms with Crippen LogP contribution in [0.15, 0.2) is 12.1 Å². The van der Waals surface area contributed by atoms with Gasteiger partial charge in [-0.3, -0.25) is 4.79 Å². The molecule has 130 valence electrons. The van der Waals surface area contributed by atoms with Crippen molar-refractivity contribution in [3.05, 3.63) is 17.7 Å². The Kier molecular flexibility index (Phi) is 6.69. The highest BCUT2D eigenvalue weighted by Crippen LogP contribution is 2.35. The SMILES string of the molecule is COc1cc(OC)c(CCC(C)CC(C)(N)C(=O)O)c(OC)c1. The van der Waals surface area contributed by atoms with Crippen molar-refractivity contribution in [2.75, 3.05) is 21.3 Å². The molecule has 23 heavy (non-hydrogen) atoms.